The van der Waals surface area contributed by atoms with Crippen LogP contribution < -0.4 is 5.32 Å². The van der Waals surface area contributed by atoms with Gasteiger partial charge in [0.05, 0.1) is 25.4 Å². The van der Waals surface area contributed by atoms with Gasteiger partial charge in [0.2, 0.25) is 5.91 Å². The first-order chi connectivity index (χ1) is 34.5. The molecule has 0 radical (unpaired) electrons. The number of ether oxygens (including phenoxy) is 1. The van der Waals surface area contributed by atoms with Crippen molar-refractivity contribution in [3.8, 4) is 0 Å². The molecule has 3 N–H and O–H groups in total. The summed E-state index contributed by atoms with van der Waals surface area (Å²) in [6, 6.07) is -0.553. The van der Waals surface area contributed by atoms with Gasteiger partial charge >= 0.3 is 5.97 Å². The van der Waals surface area contributed by atoms with Crippen molar-refractivity contribution in [3.05, 3.63) is 24.3 Å². The molecule has 0 aromatic carbocycles. The molecule has 2 atom stereocenters. The first-order valence-corrected chi connectivity index (χ1v) is 31.6. The number of carbonyl (C=O) groups is 2. The number of aliphatic hydroxyl groups excluding tert-OH is 2. The minimum absolute atomic E-state index is 0.00647. The second-order valence-corrected chi connectivity index (χ2v) is 21.7. The van der Waals surface area contributed by atoms with E-state index in [9.17, 15) is 19.8 Å². The number of amides is 1. The molecule has 0 aliphatic carbocycles. The molecule has 0 rings (SSSR count). The fraction of sp³-hybridized carbons (Fsp3) is 0.906. The molecule has 1 amide bonds. The summed E-state index contributed by atoms with van der Waals surface area (Å²) >= 11 is 0. The van der Waals surface area contributed by atoms with Crippen LogP contribution in [0, 0.1) is 0 Å². The summed E-state index contributed by atoms with van der Waals surface area (Å²) in [6.07, 6.45) is 73.3. The van der Waals surface area contributed by atoms with E-state index in [1.165, 1.54) is 257 Å². The predicted octanol–water partition coefficient (Wildman–Crippen LogP) is 19.8. The monoisotopic (exact) mass is 986 g/mol. The van der Waals surface area contributed by atoms with Crippen molar-refractivity contribution < 1.29 is 24.5 Å². The molecule has 0 fully saturated rings. The molecule has 0 aliphatic rings. The number of rotatable bonds is 59. The van der Waals surface area contributed by atoms with Gasteiger partial charge in [0.15, 0.2) is 0 Å². The number of nitrogens with one attached hydrogen (secondary N) is 1. The molecule has 0 spiro atoms. The van der Waals surface area contributed by atoms with Crippen LogP contribution in [0.2, 0.25) is 0 Å². The van der Waals surface area contributed by atoms with Gasteiger partial charge in [-0.2, -0.15) is 0 Å². The third-order valence-electron chi connectivity index (χ3n) is 14.7. The summed E-state index contributed by atoms with van der Waals surface area (Å²) in [5.74, 6) is -0.0524. The average Bonchev–Trinajstić information content (AvgIpc) is 3.36. The van der Waals surface area contributed by atoms with E-state index < -0.39 is 12.1 Å². The average molecular weight is 987 g/mol. The minimum Gasteiger partial charge on any atom is -0.466 e. The first-order valence-electron chi connectivity index (χ1n) is 31.6. The maximum atomic E-state index is 12.5. The molecule has 0 aliphatic heterocycles. The van der Waals surface area contributed by atoms with Crippen molar-refractivity contribution >= 4 is 11.9 Å². The van der Waals surface area contributed by atoms with Gasteiger partial charge in [0.1, 0.15) is 0 Å². The summed E-state index contributed by atoms with van der Waals surface area (Å²) in [5.41, 5.74) is 0. The Balaban J connectivity index is 3.45. The molecule has 0 aromatic heterocycles. The molecule has 0 saturated heterocycles. The predicted molar refractivity (Wildman–Crippen MR) is 306 cm³/mol. The van der Waals surface area contributed by atoms with Gasteiger partial charge in [0.25, 0.3) is 0 Å². The third-order valence-corrected chi connectivity index (χ3v) is 14.7. The summed E-state index contributed by atoms with van der Waals surface area (Å²) in [4.78, 5) is 24.5. The molecule has 0 bridgehead atoms. The Bertz CT molecular complexity index is 1090. The van der Waals surface area contributed by atoms with Crippen molar-refractivity contribution in [2.75, 3.05) is 13.2 Å². The Hall–Kier alpha value is -1.66. The zero-order valence-electron chi connectivity index (χ0n) is 47.3. The van der Waals surface area contributed by atoms with Crippen LogP contribution in [0.1, 0.15) is 348 Å². The van der Waals surface area contributed by atoms with E-state index in [-0.39, 0.29) is 18.5 Å². The van der Waals surface area contributed by atoms with Crippen molar-refractivity contribution in [2.24, 2.45) is 0 Å². The van der Waals surface area contributed by atoms with Crippen LogP contribution in [-0.2, 0) is 14.3 Å². The van der Waals surface area contributed by atoms with Gasteiger partial charge in [-0.1, -0.05) is 282 Å². The van der Waals surface area contributed by atoms with Crippen LogP contribution in [0.4, 0.5) is 0 Å². The Morgan fingerprint density at radius 1 is 0.386 bits per heavy atom. The van der Waals surface area contributed by atoms with Gasteiger partial charge in [-0.15, -0.1) is 0 Å². The highest BCUT2D eigenvalue weighted by atomic mass is 16.5. The molecule has 414 valence electrons. The highest BCUT2D eigenvalue weighted by molar-refractivity contribution is 5.76. The highest BCUT2D eigenvalue weighted by Crippen LogP contribution is 2.18. The van der Waals surface area contributed by atoms with E-state index in [1.807, 2.05) is 0 Å². The molecule has 6 nitrogen and oxygen atoms in total. The van der Waals surface area contributed by atoms with Crippen molar-refractivity contribution in [2.45, 2.75) is 360 Å². The zero-order valence-corrected chi connectivity index (χ0v) is 47.3. The lowest BCUT2D eigenvalue weighted by atomic mass is 10.0. The van der Waals surface area contributed by atoms with Gasteiger partial charge in [0, 0.05) is 12.8 Å². The lowest BCUT2D eigenvalue weighted by Crippen LogP contribution is -2.45. The van der Waals surface area contributed by atoms with Gasteiger partial charge in [-0.05, 0) is 77.0 Å². The van der Waals surface area contributed by atoms with E-state index in [0.29, 0.717) is 25.9 Å². The second kappa shape index (κ2) is 59.9. The van der Waals surface area contributed by atoms with Gasteiger partial charge in [-0.3, -0.25) is 9.59 Å². The molecule has 0 aromatic rings. The number of esters is 1. The normalized spacial score (nSPS) is 12.7. The Kier molecular flexibility index (Phi) is 58.5. The number of aliphatic hydroxyl groups is 2. The van der Waals surface area contributed by atoms with Crippen LogP contribution in [0.15, 0.2) is 24.3 Å². The summed E-state index contributed by atoms with van der Waals surface area (Å²) < 4.78 is 5.46. The van der Waals surface area contributed by atoms with E-state index in [1.54, 1.807) is 0 Å². The minimum atomic E-state index is -0.674. The highest BCUT2D eigenvalue weighted by Gasteiger charge is 2.20. The summed E-state index contributed by atoms with van der Waals surface area (Å²) in [5, 5.41) is 23.4. The smallest absolute Gasteiger partial charge is 0.305 e. The summed E-state index contributed by atoms with van der Waals surface area (Å²) in [7, 11) is 0. The quantitative estimate of drug-likeness (QED) is 0.0321. The van der Waals surface area contributed by atoms with Crippen LogP contribution >= 0.6 is 0 Å². The maximum absolute atomic E-state index is 12.5. The van der Waals surface area contributed by atoms with Crippen molar-refractivity contribution in [1.82, 2.24) is 5.32 Å². The Morgan fingerprint density at radius 3 is 1.04 bits per heavy atom. The Labute approximate surface area is 437 Å². The number of unbranched alkanes of at least 4 members (excludes halogenated alkanes) is 44. The van der Waals surface area contributed by atoms with E-state index >= 15 is 0 Å². The van der Waals surface area contributed by atoms with Crippen LogP contribution in [0.5, 0.6) is 0 Å². The molecule has 0 saturated carbocycles. The lowest BCUT2D eigenvalue weighted by molar-refractivity contribution is -0.143. The SMILES string of the molecule is CCCCC/C=C\CCCCCCCC(=O)OCCCCCCCCCCC/C=C\CCCCCCCC(=O)NC(CO)C(O)CCCCCCCCCCCCCCCCCCCCCCCCC. The van der Waals surface area contributed by atoms with E-state index in [4.69, 9.17) is 4.74 Å². The first kappa shape index (κ1) is 68.3. The molecule has 0 heterocycles. The molecule has 70 heavy (non-hydrogen) atoms. The third kappa shape index (κ3) is 55.7. The number of allylic oxidation sites excluding steroid dienone is 4. The number of carbonyl (C=O) groups excluding carboxylic acids is 2. The van der Waals surface area contributed by atoms with Gasteiger partial charge < -0.3 is 20.3 Å². The fourth-order valence-electron chi connectivity index (χ4n) is 9.87. The topological polar surface area (TPSA) is 95.9 Å². The molecule has 6 heteroatoms. The fourth-order valence-corrected chi connectivity index (χ4v) is 9.87. The second-order valence-electron chi connectivity index (χ2n) is 21.7. The number of hydrogen-bond acceptors (Lipinski definition) is 5. The van der Waals surface area contributed by atoms with Gasteiger partial charge in [-0.25, -0.2) is 0 Å². The lowest BCUT2D eigenvalue weighted by Gasteiger charge is -2.22. The van der Waals surface area contributed by atoms with Crippen LogP contribution in [0.25, 0.3) is 0 Å². The van der Waals surface area contributed by atoms with E-state index in [2.05, 4.69) is 43.5 Å². The van der Waals surface area contributed by atoms with Crippen molar-refractivity contribution in [1.29, 1.82) is 0 Å². The molecular weight excluding hydrogens is 863 g/mol. The van der Waals surface area contributed by atoms with E-state index in [0.717, 1.165) is 57.8 Å². The standard InChI is InChI=1S/C64H123NO5/c1-3-5-7-9-11-13-15-17-18-19-20-21-22-23-24-27-30-33-36-40-44-48-52-56-62(67)61(60-66)65-63(68)57-53-49-45-41-37-34-31-28-25-26-29-32-35-39-43-47-51-55-59-70-64(69)58-54-50-46-42-38-16-14-12-10-8-6-4-2/h12,14,28,31,61-62,66-67H,3-11,13,15-27,29-30,32-60H2,1-2H3,(H,65,68)/b14-12-,31-28-. The van der Waals surface area contributed by atoms with Crippen LogP contribution in [0.3, 0.4) is 0 Å². The molecular formula is C64H123NO5. The zero-order chi connectivity index (χ0) is 50.7. The number of hydrogen-bond donors (Lipinski definition) is 3. The van der Waals surface area contributed by atoms with Crippen LogP contribution in [-0.4, -0.2) is 47.4 Å². The molecule has 2 unspecified atom stereocenters. The largest absolute Gasteiger partial charge is 0.466 e. The Morgan fingerprint density at radius 2 is 0.671 bits per heavy atom. The maximum Gasteiger partial charge on any atom is 0.305 e. The summed E-state index contributed by atoms with van der Waals surface area (Å²) in [6.45, 7) is 4.93. The van der Waals surface area contributed by atoms with Crippen molar-refractivity contribution in [3.63, 3.8) is 0 Å².